The summed E-state index contributed by atoms with van der Waals surface area (Å²) in [5.74, 6) is -2.40. The van der Waals surface area contributed by atoms with E-state index in [-0.39, 0.29) is 12.1 Å². The summed E-state index contributed by atoms with van der Waals surface area (Å²) in [6.45, 7) is 2.15. The molecule has 2 aromatic rings. The molecule has 0 aliphatic rings. The SMILES string of the molecule is Cc1nc(CCNC(=O)C[C@@H](c2ccccc2)C(F)(F)F)cs1. The third-order valence-corrected chi connectivity index (χ3v) is 4.18. The molecule has 0 saturated heterocycles. The number of carbonyl (C=O) groups excluding carboxylic acids is 1. The molecule has 1 aromatic heterocycles. The standard InChI is InChI=1S/C16H17F3N2OS/c1-11-21-13(10-23-11)7-8-20-15(22)9-14(16(17,18)19)12-5-3-2-4-6-12/h2-6,10,14H,7-9H2,1H3,(H,20,22)/t14-/m0/s1. The van der Waals surface area contributed by atoms with Gasteiger partial charge in [0.05, 0.1) is 16.6 Å². The Labute approximate surface area is 136 Å². The summed E-state index contributed by atoms with van der Waals surface area (Å²) in [6.07, 6.45) is -4.55. The van der Waals surface area contributed by atoms with Crippen molar-refractivity contribution in [3.63, 3.8) is 0 Å². The molecule has 3 nitrogen and oxygen atoms in total. The van der Waals surface area contributed by atoms with Crippen LogP contribution >= 0.6 is 11.3 Å². The normalized spacial score (nSPS) is 12.9. The van der Waals surface area contributed by atoms with Gasteiger partial charge in [0.1, 0.15) is 0 Å². The third-order valence-electron chi connectivity index (χ3n) is 3.36. The summed E-state index contributed by atoms with van der Waals surface area (Å²) in [6, 6.07) is 7.51. The number of nitrogens with zero attached hydrogens (tertiary/aromatic N) is 1. The van der Waals surface area contributed by atoms with Crippen LogP contribution in [0.3, 0.4) is 0 Å². The molecule has 1 N–H and O–H groups in total. The number of aromatic nitrogens is 1. The topological polar surface area (TPSA) is 42.0 Å². The zero-order chi connectivity index (χ0) is 16.9. The van der Waals surface area contributed by atoms with E-state index < -0.39 is 24.4 Å². The Bertz CT molecular complexity index is 640. The van der Waals surface area contributed by atoms with E-state index in [1.54, 1.807) is 6.07 Å². The summed E-state index contributed by atoms with van der Waals surface area (Å²) in [5.41, 5.74) is 0.938. The van der Waals surface area contributed by atoms with E-state index in [1.165, 1.54) is 35.6 Å². The summed E-state index contributed by atoms with van der Waals surface area (Å²) in [4.78, 5) is 16.1. The molecular formula is C16H17F3N2OS. The summed E-state index contributed by atoms with van der Waals surface area (Å²) in [5, 5.41) is 5.34. The van der Waals surface area contributed by atoms with Crippen molar-refractivity contribution in [2.24, 2.45) is 0 Å². The van der Waals surface area contributed by atoms with Gasteiger partial charge in [-0.3, -0.25) is 4.79 Å². The van der Waals surface area contributed by atoms with Crippen molar-refractivity contribution in [1.82, 2.24) is 10.3 Å². The third kappa shape index (κ3) is 5.35. The van der Waals surface area contributed by atoms with Crippen molar-refractivity contribution in [3.8, 4) is 0 Å². The molecule has 0 spiro atoms. The molecule has 0 saturated carbocycles. The fraction of sp³-hybridized carbons (Fsp3) is 0.375. The van der Waals surface area contributed by atoms with Gasteiger partial charge >= 0.3 is 6.18 Å². The first kappa shape index (κ1) is 17.5. The number of benzene rings is 1. The van der Waals surface area contributed by atoms with Gasteiger partial charge in [-0.15, -0.1) is 11.3 Å². The first-order valence-corrected chi connectivity index (χ1v) is 8.03. The molecule has 0 unspecified atom stereocenters. The number of rotatable bonds is 6. The van der Waals surface area contributed by atoms with E-state index >= 15 is 0 Å². The van der Waals surface area contributed by atoms with Gasteiger partial charge < -0.3 is 5.32 Å². The minimum atomic E-state index is -4.45. The molecule has 1 aromatic carbocycles. The van der Waals surface area contributed by atoms with Crippen molar-refractivity contribution in [2.75, 3.05) is 6.54 Å². The number of halogens is 3. The van der Waals surface area contributed by atoms with Gasteiger partial charge in [0, 0.05) is 24.8 Å². The van der Waals surface area contributed by atoms with Crippen LogP contribution in [0.4, 0.5) is 13.2 Å². The largest absolute Gasteiger partial charge is 0.396 e. The average molecular weight is 342 g/mol. The number of thiazole rings is 1. The Hall–Kier alpha value is -1.89. The van der Waals surface area contributed by atoms with E-state index in [9.17, 15) is 18.0 Å². The number of carbonyl (C=O) groups is 1. The zero-order valence-corrected chi connectivity index (χ0v) is 13.4. The van der Waals surface area contributed by atoms with Gasteiger partial charge in [0.25, 0.3) is 0 Å². The molecule has 1 amide bonds. The van der Waals surface area contributed by atoms with Crippen molar-refractivity contribution in [1.29, 1.82) is 0 Å². The van der Waals surface area contributed by atoms with Crippen LogP contribution < -0.4 is 5.32 Å². The maximum absolute atomic E-state index is 13.2. The van der Waals surface area contributed by atoms with Crippen molar-refractivity contribution >= 4 is 17.2 Å². The highest BCUT2D eigenvalue weighted by atomic mass is 32.1. The lowest BCUT2D eigenvalue weighted by Crippen LogP contribution is -2.31. The van der Waals surface area contributed by atoms with Gasteiger partial charge in [-0.2, -0.15) is 13.2 Å². The first-order chi connectivity index (χ1) is 10.9. The van der Waals surface area contributed by atoms with Gasteiger partial charge in [0.2, 0.25) is 5.91 Å². The second-order valence-corrected chi connectivity index (χ2v) is 6.23. The Balaban J connectivity index is 1.90. The lowest BCUT2D eigenvalue weighted by atomic mass is 9.95. The highest BCUT2D eigenvalue weighted by Crippen LogP contribution is 2.37. The van der Waals surface area contributed by atoms with Crippen molar-refractivity contribution in [2.45, 2.75) is 31.9 Å². The number of hydrogen-bond acceptors (Lipinski definition) is 3. The molecule has 0 aliphatic carbocycles. The molecule has 0 bridgehead atoms. The van der Waals surface area contributed by atoms with Gasteiger partial charge in [-0.05, 0) is 12.5 Å². The number of amides is 1. The first-order valence-electron chi connectivity index (χ1n) is 7.15. The van der Waals surface area contributed by atoms with Crippen LogP contribution in [0.1, 0.15) is 28.6 Å². The number of hydrogen-bond donors (Lipinski definition) is 1. The fourth-order valence-electron chi connectivity index (χ4n) is 2.22. The van der Waals surface area contributed by atoms with Crippen LogP contribution in [0.25, 0.3) is 0 Å². The second kappa shape index (κ2) is 7.59. The molecule has 1 atom stereocenters. The molecule has 0 radical (unpaired) electrons. The Morgan fingerprint density at radius 2 is 2.00 bits per heavy atom. The van der Waals surface area contributed by atoms with Crippen LogP contribution in [-0.4, -0.2) is 23.6 Å². The van der Waals surface area contributed by atoms with E-state index in [0.29, 0.717) is 6.42 Å². The Morgan fingerprint density at radius 3 is 2.57 bits per heavy atom. The van der Waals surface area contributed by atoms with Crippen LogP contribution in [-0.2, 0) is 11.2 Å². The molecule has 2 rings (SSSR count). The lowest BCUT2D eigenvalue weighted by Gasteiger charge is -2.20. The van der Waals surface area contributed by atoms with Crippen molar-refractivity contribution < 1.29 is 18.0 Å². The number of aryl methyl sites for hydroxylation is 1. The van der Waals surface area contributed by atoms with E-state index in [1.807, 2.05) is 12.3 Å². The van der Waals surface area contributed by atoms with Crippen LogP contribution in [0, 0.1) is 6.92 Å². The van der Waals surface area contributed by atoms with Crippen LogP contribution in [0.2, 0.25) is 0 Å². The van der Waals surface area contributed by atoms with Gasteiger partial charge in [-0.1, -0.05) is 30.3 Å². The van der Waals surface area contributed by atoms with E-state index in [0.717, 1.165) is 10.7 Å². The lowest BCUT2D eigenvalue weighted by molar-refractivity contribution is -0.157. The van der Waals surface area contributed by atoms with Crippen LogP contribution in [0.15, 0.2) is 35.7 Å². The molecule has 0 aliphatic heterocycles. The Kier molecular flexibility index (Phi) is 5.76. The molecule has 124 valence electrons. The number of nitrogens with one attached hydrogen (secondary N) is 1. The fourth-order valence-corrected chi connectivity index (χ4v) is 2.87. The molecule has 1 heterocycles. The molecular weight excluding hydrogens is 325 g/mol. The second-order valence-electron chi connectivity index (χ2n) is 5.17. The van der Waals surface area contributed by atoms with E-state index in [4.69, 9.17) is 0 Å². The molecule has 23 heavy (non-hydrogen) atoms. The maximum atomic E-state index is 13.2. The highest BCUT2D eigenvalue weighted by molar-refractivity contribution is 7.09. The predicted octanol–water partition coefficient (Wildman–Crippen LogP) is 3.85. The molecule has 0 fully saturated rings. The average Bonchev–Trinajstić information content (AvgIpc) is 2.90. The monoisotopic (exact) mass is 342 g/mol. The quantitative estimate of drug-likeness (QED) is 0.866. The summed E-state index contributed by atoms with van der Waals surface area (Å²) >= 11 is 1.50. The smallest absolute Gasteiger partial charge is 0.356 e. The Morgan fingerprint density at radius 1 is 1.30 bits per heavy atom. The minimum Gasteiger partial charge on any atom is -0.356 e. The van der Waals surface area contributed by atoms with Gasteiger partial charge in [0.15, 0.2) is 0 Å². The summed E-state index contributed by atoms with van der Waals surface area (Å²) < 4.78 is 39.5. The zero-order valence-electron chi connectivity index (χ0n) is 12.6. The maximum Gasteiger partial charge on any atom is 0.396 e. The van der Waals surface area contributed by atoms with Gasteiger partial charge in [-0.25, -0.2) is 4.98 Å². The summed E-state index contributed by atoms with van der Waals surface area (Å²) in [7, 11) is 0. The van der Waals surface area contributed by atoms with E-state index in [2.05, 4.69) is 10.3 Å². The minimum absolute atomic E-state index is 0.102. The number of alkyl halides is 3. The van der Waals surface area contributed by atoms with Crippen LogP contribution in [0.5, 0.6) is 0 Å². The predicted molar refractivity (Wildman–Crippen MR) is 83.4 cm³/mol. The van der Waals surface area contributed by atoms with Crippen molar-refractivity contribution in [3.05, 3.63) is 52.0 Å². The highest BCUT2D eigenvalue weighted by Gasteiger charge is 2.41. The molecule has 7 heteroatoms.